The van der Waals surface area contributed by atoms with Crippen LogP contribution in [0, 0.1) is 5.82 Å². The molecule has 0 radical (unpaired) electrons. The van der Waals surface area contributed by atoms with Gasteiger partial charge in [0.15, 0.2) is 0 Å². The maximum atomic E-state index is 12.9. The van der Waals surface area contributed by atoms with Gasteiger partial charge in [0.25, 0.3) is 0 Å². The minimum Gasteiger partial charge on any atom is -0.486 e. The predicted octanol–water partition coefficient (Wildman–Crippen LogP) is 2.99. The van der Waals surface area contributed by atoms with E-state index in [1.807, 2.05) is 0 Å². The summed E-state index contributed by atoms with van der Waals surface area (Å²) in [6, 6.07) is 12.6. The van der Waals surface area contributed by atoms with Crippen molar-refractivity contribution >= 4 is 17.3 Å². The van der Waals surface area contributed by atoms with Crippen molar-refractivity contribution in [3.05, 3.63) is 76.8 Å². The van der Waals surface area contributed by atoms with Gasteiger partial charge in [0.1, 0.15) is 35.3 Å². The Morgan fingerprint density at radius 3 is 2.55 bits per heavy atom. The number of thiazole rings is 1. The van der Waals surface area contributed by atoms with Crippen molar-refractivity contribution in [2.45, 2.75) is 13.0 Å². The number of esters is 1. The lowest BCUT2D eigenvalue weighted by Gasteiger charge is -2.05. The van der Waals surface area contributed by atoms with E-state index in [1.54, 1.807) is 41.8 Å². The van der Waals surface area contributed by atoms with E-state index in [9.17, 15) is 9.18 Å². The summed E-state index contributed by atoms with van der Waals surface area (Å²) in [6.45, 7) is 0.240. The molecule has 0 N–H and O–H groups in total. The quantitative estimate of drug-likeness (QED) is 0.341. The minimum absolute atomic E-state index is 0.0434. The summed E-state index contributed by atoms with van der Waals surface area (Å²) in [4.78, 5) is 16.5. The molecule has 0 aliphatic rings. The van der Waals surface area contributed by atoms with Crippen LogP contribution in [0.15, 0.2) is 60.2 Å². The lowest BCUT2D eigenvalue weighted by Crippen LogP contribution is -2.11. The van der Waals surface area contributed by atoms with Crippen LogP contribution in [-0.4, -0.2) is 31.2 Å². The number of aromatic nitrogens is 5. The molecule has 0 aliphatic carbocycles. The molecule has 2 heterocycles. The smallest absolute Gasteiger partial charge is 0.317 e. The first-order valence-corrected chi connectivity index (χ1v) is 9.39. The van der Waals surface area contributed by atoms with Crippen molar-refractivity contribution in [3.8, 4) is 17.2 Å². The van der Waals surface area contributed by atoms with Gasteiger partial charge in [-0.15, -0.1) is 16.4 Å². The number of tetrazole rings is 1. The SMILES string of the molecule is O=C(Cc1csc(COc2ccc(F)cc2)n1)Oc1ccc(-n2cnnn2)cc1. The molecule has 0 fully saturated rings. The Hall–Kier alpha value is -3.66. The van der Waals surface area contributed by atoms with Crippen molar-refractivity contribution in [1.82, 2.24) is 25.2 Å². The Labute approximate surface area is 168 Å². The van der Waals surface area contributed by atoms with E-state index in [-0.39, 0.29) is 18.8 Å². The monoisotopic (exact) mass is 411 g/mol. The first-order chi connectivity index (χ1) is 14.2. The first-order valence-electron chi connectivity index (χ1n) is 8.51. The van der Waals surface area contributed by atoms with Crippen LogP contribution in [0.3, 0.4) is 0 Å². The van der Waals surface area contributed by atoms with Crippen LogP contribution in [0.5, 0.6) is 11.5 Å². The summed E-state index contributed by atoms with van der Waals surface area (Å²) >= 11 is 1.38. The number of ether oxygens (including phenoxy) is 2. The van der Waals surface area contributed by atoms with E-state index in [0.717, 1.165) is 5.69 Å². The molecule has 0 saturated heterocycles. The zero-order valence-corrected chi connectivity index (χ0v) is 15.8. The highest BCUT2D eigenvalue weighted by Crippen LogP contribution is 2.18. The molecule has 146 valence electrons. The number of hydrogen-bond donors (Lipinski definition) is 0. The summed E-state index contributed by atoms with van der Waals surface area (Å²) < 4.78 is 25.3. The second-order valence-electron chi connectivity index (χ2n) is 5.87. The topological polar surface area (TPSA) is 92.0 Å². The highest BCUT2D eigenvalue weighted by atomic mass is 32.1. The molecular weight excluding hydrogens is 397 g/mol. The molecule has 10 heteroatoms. The van der Waals surface area contributed by atoms with E-state index < -0.39 is 5.97 Å². The summed E-state index contributed by atoms with van der Waals surface area (Å²) in [7, 11) is 0. The van der Waals surface area contributed by atoms with E-state index >= 15 is 0 Å². The zero-order chi connectivity index (χ0) is 20.1. The molecule has 4 aromatic rings. The van der Waals surface area contributed by atoms with E-state index in [0.29, 0.717) is 22.2 Å². The standard InChI is InChI=1S/C19H14FN5O3S/c20-13-1-5-16(6-2-13)27-10-18-22-14(11-29-18)9-19(26)28-17-7-3-15(4-8-17)25-12-21-23-24-25/h1-8,11-12H,9-10H2. The van der Waals surface area contributed by atoms with Crippen LogP contribution >= 0.6 is 11.3 Å². The molecule has 2 aromatic heterocycles. The van der Waals surface area contributed by atoms with Gasteiger partial charge in [0, 0.05) is 5.38 Å². The third-order valence-electron chi connectivity index (χ3n) is 3.78. The van der Waals surface area contributed by atoms with Crippen LogP contribution in [0.4, 0.5) is 4.39 Å². The highest BCUT2D eigenvalue weighted by Gasteiger charge is 2.11. The summed E-state index contributed by atoms with van der Waals surface area (Å²) in [6.07, 6.45) is 1.52. The molecule has 2 aromatic carbocycles. The lowest BCUT2D eigenvalue weighted by atomic mass is 10.3. The van der Waals surface area contributed by atoms with Crippen molar-refractivity contribution < 1.29 is 18.7 Å². The third-order valence-corrected chi connectivity index (χ3v) is 4.65. The normalized spacial score (nSPS) is 10.7. The van der Waals surface area contributed by atoms with Gasteiger partial charge in [0.05, 0.1) is 17.8 Å². The molecule has 0 amide bonds. The minimum atomic E-state index is -0.420. The molecule has 8 nitrogen and oxygen atoms in total. The fourth-order valence-electron chi connectivity index (χ4n) is 2.43. The van der Waals surface area contributed by atoms with Crippen molar-refractivity contribution in [1.29, 1.82) is 0 Å². The van der Waals surface area contributed by atoms with Crippen molar-refractivity contribution in [2.24, 2.45) is 0 Å². The van der Waals surface area contributed by atoms with Crippen molar-refractivity contribution in [2.75, 3.05) is 0 Å². The van der Waals surface area contributed by atoms with Gasteiger partial charge in [-0.2, -0.15) is 0 Å². The van der Waals surface area contributed by atoms with Crippen molar-refractivity contribution in [3.63, 3.8) is 0 Å². The van der Waals surface area contributed by atoms with Crippen LogP contribution in [0.25, 0.3) is 5.69 Å². The van der Waals surface area contributed by atoms with E-state index in [1.165, 1.54) is 34.5 Å². The average Bonchev–Trinajstić information content (AvgIpc) is 3.40. The van der Waals surface area contributed by atoms with E-state index in [4.69, 9.17) is 9.47 Å². The fraction of sp³-hybridized carbons (Fsp3) is 0.105. The van der Waals surface area contributed by atoms with Gasteiger partial charge in [0.2, 0.25) is 0 Å². The maximum Gasteiger partial charge on any atom is 0.317 e. The summed E-state index contributed by atoms with van der Waals surface area (Å²) in [5.41, 5.74) is 1.35. The fourth-order valence-corrected chi connectivity index (χ4v) is 3.14. The number of halogens is 1. The Balaban J connectivity index is 1.29. The highest BCUT2D eigenvalue weighted by molar-refractivity contribution is 7.09. The molecular formula is C19H14FN5O3S. The van der Waals surface area contributed by atoms with Crippen LogP contribution in [0.1, 0.15) is 10.7 Å². The lowest BCUT2D eigenvalue weighted by molar-refractivity contribution is -0.133. The third kappa shape index (κ3) is 4.99. The molecule has 0 saturated carbocycles. The number of nitrogens with zero attached hydrogens (tertiary/aromatic N) is 5. The van der Waals surface area contributed by atoms with Gasteiger partial charge in [-0.1, -0.05) is 0 Å². The molecule has 29 heavy (non-hydrogen) atoms. The Kier molecular flexibility index (Phi) is 5.52. The molecule has 4 rings (SSSR count). The number of hydrogen-bond acceptors (Lipinski definition) is 8. The molecule has 0 unspecified atom stereocenters. The molecule has 0 atom stereocenters. The van der Waals surface area contributed by atoms with E-state index in [2.05, 4.69) is 20.5 Å². The largest absolute Gasteiger partial charge is 0.486 e. The summed E-state index contributed by atoms with van der Waals surface area (Å²) in [5.74, 6) is 0.225. The number of rotatable bonds is 7. The molecule has 0 aliphatic heterocycles. The Morgan fingerprint density at radius 2 is 1.83 bits per heavy atom. The summed E-state index contributed by atoms with van der Waals surface area (Å²) in [5, 5.41) is 13.4. The second-order valence-corrected chi connectivity index (χ2v) is 6.82. The maximum absolute atomic E-state index is 12.9. The van der Waals surface area contributed by atoms with Gasteiger partial charge in [-0.05, 0) is 59.0 Å². The van der Waals surface area contributed by atoms with Crippen LogP contribution in [0.2, 0.25) is 0 Å². The predicted molar refractivity (Wildman–Crippen MR) is 101 cm³/mol. The Morgan fingerprint density at radius 1 is 1.07 bits per heavy atom. The second kappa shape index (κ2) is 8.57. The van der Waals surface area contributed by atoms with Crippen LogP contribution in [-0.2, 0) is 17.8 Å². The molecule has 0 bridgehead atoms. The average molecular weight is 411 g/mol. The van der Waals surface area contributed by atoms with Gasteiger partial charge in [-0.3, -0.25) is 4.79 Å². The number of benzene rings is 2. The van der Waals surface area contributed by atoms with Gasteiger partial charge in [-0.25, -0.2) is 14.1 Å². The first kappa shape index (κ1) is 18.7. The van der Waals surface area contributed by atoms with Gasteiger partial charge < -0.3 is 9.47 Å². The zero-order valence-electron chi connectivity index (χ0n) is 14.9. The Bertz CT molecular complexity index is 1080. The van der Waals surface area contributed by atoms with Crippen LogP contribution < -0.4 is 9.47 Å². The molecule has 0 spiro atoms. The number of carbonyl (C=O) groups excluding carboxylic acids is 1. The van der Waals surface area contributed by atoms with Gasteiger partial charge >= 0.3 is 5.97 Å². The number of carbonyl (C=O) groups is 1.